The molecule has 0 aromatic carbocycles. The summed E-state index contributed by atoms with van der Waals surface area (Å²) in [4.78, 5) is 9.99. The molecule has 1 aromatic rings. The molecule has 0 amide bonds. The van der Waals surface area contributed by atoms with Crippen molar-refractivity contribution in [1.29, 1.82) is 0 Å². The summed E-state index contributed by atoms with van der Waals surface area (Å²) in [7, 11) is 0. The van der Waals surface area contributed by atoms with Gasteiger partial charge in [0.2, 0.25) is 0 Å². The standard InChI is InChI=1S/C8H12N2O2S.ClH/c1-2-3-7(9)6-4-8(10(11)12)13-5-6;/h4-5,7H,2-3,9H2,1H3;1H/t7-;/m0./s1. The summed E-state index contributed by atoms with van der Waals surface area (Å²) in [5.41, 5.74) is 6.68. The number of hydrogen-bond donors (Lipinski definition) is 1. The maximum atomic E-state index is 10.4. The van der Waals surface area contributed by atoms with Crippen molar-refractivity contribution in [2.45, 2.75) is 25.8 Å². The molecule has 80 valence electrons. The van der Waals surface area contributed by atoms with Crippen LogP contribution in [0.5, 0.6) is 0 Å². The zero-order valence-corrected chi connectivity index (χ0v) is 9.44. The highest BCUT2D eigenvalue weighted by atomic mass is 35.5. The van der Waals surface area contributed by atoms with Gasteiger partial charge in [0.15, 0.2) is 0 Å². The van der Waals surface area contributed by atoms with Crippen LogP contribution in [-0.4, -0.2) is 4.92 Å². The van der Waals surface area contributed by atoms with E-state index in [-0.39, 0.29) is 28.4 Å². The average molecular weight is 237 g/mol. The minimum Gasteiger partial charge on any atom is -0.324 e. The van der Waals surface area contributed by atoms with Crippen molar-refractivity contribution in [2.75, 3.05) is 0 Å². The van der Waals surface area contributed by atoms with E-state index in [4.69, 9.17) is 5.73 Å². The Morgan fingerprint density at radius 3 is 2.79 bits per heavy atom. The van der Waals surface area contributed by atoms with E-state index in [1.165, 1.54) is 0 Å². The van der Waals surface area contributed by atoms with Crippen molar-refractivity contribution in [3.63, 3.8) is 0 Å². The molecule has 14 heavy (non-hydrogen) atoms. The van der Waals surface area contributed by atoms with Crippen molar-refractivity contribution >= 4 is 28.7 Å². The molecule has 0 bridgehead atoms. The molecule has 6 heteroatoms. The molecule has 0 aliphatic carbocycles. The normalized spacial score (nSPS) is 11.9. The fourth-order valence-corrected chi connectivity index (χ4v) is 1.90. The van der Waals surface area contributed by atoms with Gasteiger partial charge in [0.25, 0.3) is 0 Å². The molecule has 1 heterocycles. The van der Waals surface area contributed by atoms with Crippen molar-refractivity contribution in [1.82, 2.24) is 0 Å². The highest BCUT2D eigenvalue weighted by molar-refractivity contribution is 7.13. The van der Waals surface area contributed by atoms with E-state index < -0.39 is 0 Å². The number of thiophene rings is 1. The van der Waals surface area contributed by atoms with Gasteiger partial charge in [-0.25, -0.2) is 0 Å². The maximum Gasteiger partial charge on any atom is 0.324 e. The second-order valence-electron chi connectivity index (χ2n) is 2.87. The molecule has 0 radical (unpaired) electrons. The summed E-state index contributed by atoms with van der Waals surface area (Å²) in [6.07, 6.45) is 1.86. The van der Waals surface area contributed by atoms with Crippen molar-refractivity contribution < 1.29 is 4.92 Å². The van der Waals surface area contributed by atoms with E-state index in [0.717, 1.165) is 29.7 Å². The van der Waals surface area contributed by atoms with E-state index >= 15 is 0 Å². The third kappa shape index (κ3) is 3.25. The Hall–Kier alpha value is -0.650. The van der Waals surface area contributed by atoms with Gasteiger partial charge in [-0.15, -0.1) is 12.4 Å². The van der Waals surface area contributed by atoms with Crippen molar-refractivity contribution in [3.8, 4) is 0 Å². The van der Waals surface area contributed by atoms with Crippen LogP contribution in [0, 0.1) is 10.1 Å². The van der Waals surface area contributed by atoms with E-state index in [1.807, 2.05) is 6.92 Å². The number of halogens is 1. The summed E-state index contributed by atoms with van der Waals surface area (Å²) < 4.78 is 0. The monoisotopic (exact) mass is 236 g/mol. The lowest BCUT2D eigenvalue weighted by Gasteiger charge is -2.05. The van der Waals surface area contributed by atoms with Crippen LogP contribution in [0.25, 0.3) is 0 Å². The van der Waals surface area contributed by atoms with Crippen LogP contribution in [0.2, 0.25) is 0 Å². The SMILES string of the molecule is CCC[C@H](N)c1csc([N+](=O)[O-])c1.Cl. The Labute approximate surface area is 92.7 Å². The van der Waals surface area contributed by atoms with Crippen molar-refractivity contribution in [3.05, 3.63) is 27.1 Å². The van der Waals surface area contributed by atoms with Crippen LogP contribution in [0.1, 0.15) is 31.4 Å². The Balaban J connectivity index is 0.00000169. The maximum absolute atomic E-state index is 10.4. The van der Waals surface area contributed by atoms with Gasteiger partial charge in [0.1, 0.15) is 0 Å². The van der Waals surface area contributed by atoms with Gasteiger partial charge in [-0.3, -0.25) is 10.1 Å². The van der Waals surface area contributed by atoms with Crippen LogP contribution in [0.4, 0.5) is 5.00 Å². The zero-order chi connectivity index (χ0) is 9.84. The number of nitrogens with two attached hydrogens (primary N) is 1. The van der Waals surface area contributed by atoms with Crippen LogP contribution in [0.15, 0.2) is 11.4 Å². The molecule has 0 saturated heterocycles. The first kappa shape index (κ1) is 13.4. The molecule has 2 N–H and O–H groups in total. The fraction of sp³-hybridized carbons (Fsp3) is 0.500. The highest BCUT2D eigenvalue weighted by Gasteiger charge is 2.13. The van der Waals surface area contributed by atoms with Gasteiger partial charge < -0.3 is 5.73 Å². The molecule has 0 fully saturated rings. The molecule has 1 aromatic heterocycles. The van der Waals surface area contributed by atoms with Crippen molar-refractivity contribution in [2.24, 2.45) is 5.73 Å². The van der Waals surface area contributed by atoms with Crippen LogP contribution < -0.4 is 5.73 Å². The summed E-state index contributed by atoms with van der Waals surface area (Å²) in [5, 5.41) is 12.3. The molecule has 1 rings (SSSR count). The van der Waals surface area contributed by atoms with Gasteiger partial charge in [-0.1, -0.05) is 24.7 Å². The molecular formula is C8H13ClN2O2S. The third-order valence-electron chi connectivity index (χ3n) is 1.81. The van der Waals surface area contributed by atoms with E-state index in [2.05, 4.69) is 0 Å². The van der Waals surface area contributed by atoms with Crippen LogP contribution in [0.3, 0.4) is 0 Å². The van der Waals surface area contributed by atoms with Crippen LogP contribution >= 0.6 is 23.7 Å². The number of nitrogens with zero attached hydrogens (tertiary/aromatic N) is 1. The van der Waals surface area contributed by atoms with Gasteiger partial charge in [-0.2, -0.15) is 0 Å². The average Bonchev–Trinajstić information content (AvgIpc) is 2.52. The lowest BCUT2D eigenvalue weighted by molar-refractivity contribution is -0.380. The summed E-state index contributed by atoms with van der Waals surface area (Å²) in [6.45, 7) is 2.04. The van der Waals surface area contributed by atoms with Gasteiger partial charge in [0, 0.05) is 17.5 Å². The number of rotatable bonds is 4. The largest absolute Gasteiger partial charge is 0.324 e. The minimum atomic E-state index is -0.382. The number of hydrogen-bond acceptors (Lipinski definition) is 4. The first-order valence-electron chi connectivity index (χ1n) is 4.13. The van der Waals surface area contributed by atoms with Gasteiger partial charge >= 0.3 is 5.00 Å². The lowest BCUT2D eigenvalue weighted by atomic mass is 10.1. The molecular weight excluding hydrogens is 224 g/mol. The molecule has 0 unspecified atom stereocenters. The summed E-state index contributed by atoms with van der Waals surface area (Å²) >= 11 is 1.13. The second kappa shape index (κ2) is 5.95. The molecule has 0 saturated carbocycles. The Morgan fingerprint density at radius 1 is 1.71 bits per heavy atom. The molecule has 4 nitrogen and oxygen atoms in total. The van der Waals surface area contributed by atoms with E-state index in [0.29, 0.717) is 0 Å². The lowest BCUT2D eigenvalue weighted by Crippen LogP contribution is -2.08. The first-order valence-corrected chi connectivity index (χ1v) is 5.01. The first-order chi connectivity index (χ1) is 6.15. The van der Waals surface area contributed by atoms with E-state index in [9.17, 15) is 10.1 Å². The molecule has 0 aliphatic rings. The second-order valence-corrected chi connectivity index (χ2v) is 3.76. The van der Waals surface area contributed by atoms with E-state index in [1.54, 1.807) is 11.4 Å². The number of nitro groups is 1. The Kier molecular flexibility index (Phi) is 5.68. The summed E-state index contributed by atoms with van der Waals surface area (Å²) in [6, 6.07) is 1.50. The molecule has 0 spiro atoms. The topological polar surface area (TPSA) is 69.2 Å². The predicted molar refractivity (Wildman–Crippen MR) is 60.1 cm³/mol. The Morgan fingerprint density at radius 2 is 2.36 bits per heavy atom. The third-order valence-corrected chi connectivity index (χ3v) is 2.71. The zero-order valence-electron chi connectivity index (χ0n) is 7.80. The summed E-state index contributed by atoms with van der Waals surface area (Å²) in [5.74, 6) is 0. The minimum absolute atomic E-state index is 0. The smallest absolute Gasteiger partial charge is 0.324 e. The highest BCUT2D eigenvalue weighted by Crippen LogP contribution is 2.27. The molecule has 0 aliphatic heterocycles. The van der Waals surface area contributed by atoms with Gasteiger partial charge in [-0.05, 0) is 12.0 Å². The predicted octanol–water partition coefficient (Wildman–Crippen LogP) is 2.88. The molecule has 1 atom stereocenters. The fourth-order valence-electron chi connectivity index (χ4n) is 1.11. The Bertz CT molecular complexity index is 303. The van der Waals surface area contributed by atoms with Crippen LogP contribution in [-0.2, 0) is 0 Å². The van der Waals surface area contributed by atoms with Gasteiger partial charge in [0.05, 0.1) is 4.92 Å². The quantitative estimate of drug-likeness (QED) is 0.646.